The van der Waals surface area contributed by atoms with Crippen molar-refractivity contribution in [3.05, 3.63) is 0 Å². The fourth-order valence-electron chi connectivity index (χ4n) is 2.13. The molecule has 1 aliphatic carbocycles. The molecule has 0 aromatic rings. The summed E-state index contributed by atoms with van der Waals surface area (Å²) in [7, 11) is 0. The number of rotatable bonds is 6. The van der Waals surface area contributed by atoms with Crippen LogP contribution in [0, 0.1) is 5.92 Å². The first-order chi connectivity index (χ1) is 6.29. The van der Waals surface area contributed by atoms with Gasteiger partial charge in [0.25, 0.3) is 0 Å². The predicted molar refractivity (Wildman–Crippen MR) is 55.7 cm³/mol. The van der Waals surface area contributed by atoms with E-state index in [0.29, 0.717) is 0 Å². The molecule has 2 N–H and O–H groups in total. The van der Waals surface area contributed by atoms with E-state index in [4.69, 9.17) is 5.11 Å². The van der Waals surface area contributed by atoms with Crippen LogP contribution in [0.25, 0.3) is 0 Å². The zero-order valence-corrected chi connectivity index (χ0v) is 8.76. The molecule has 1 fully saturated rings. The van der Waals surface area contributed by atoms with Gasteiger partial charge in [-0.3, -0.25) is 0 Å². The molecule has 2 nitrogen and oxygen atoms in total. The van der Waals surface area contributed by atoms with E-state index in [1.165, 1.54) is 38.5 Å². The van der Waals surface area contributed by atoms with Crippen LogP contribution < -0.4 is 5.32 Å². The van der Waals surface area contributed by atoms with Crippen LogP contribution in [0.4, 0.5) is 0 Å². The van der Waals surface area contributed by atoms with Gasteiger partial charge in [0.15, 0.2) is 0 Å². The summed E-state index contributed by atoms with van der Waals surface area (Å²) in [4.78, 5) is 0. The number of aliphatic hydroxyl groups is 1. The van der Waals surface area contributed by atoms with Gasteiger partial charge in [-0.2, -0.15) is 0 Å². The minimum Gasteiger partial charge on any atom is -0.392 e. The number of aliphatic hydroxyl groups excluding tert-OH is 1. The molecule has 0 saturated heterocycles. The molecule has 0 bridgehead atoms. The van der Waals surface area contributed by atoms with Gasteiger partial charge in [-0.05, 0) is 32.2 Å². The van der Waals surface area contributed by atoms with Crippen molar-refractivity contribution in [2.45, 2.75) is 51.6 Å². The van der Waals surface area contributed by atoms with Crippen LogP contribution in [0.2, 0.25) is 0 Å². The van der Waals surface area contributed by atoms with Crippen LogP contribution in [-0.2, 0) is 0 Å². The van der Waals surface area contributed by atoms with Gasteiger partial charge in [-0.1, -0.05) is 25.7 Å². The highest BCUT2D eigenvalue weighted by molar-refractivity contribution is 4.67. The van der Waals surface area contributed by atoms with E-state index in [1.54, 1.807) is 0 Å². The Hall–Kier alpha value is -0.0800. The van der Waals surface area contributed by atoms with Crippen LogP contribution in [0.5, 0.6) is 0 Å². The Kier molecular flexibility index (Phi) is 5.40. The maximum atomic E-state index is 9.00. The predicted octanol–water partition coefficient (Wildman–Crippen LogP) is 1.93. The van der Waals surface area contributed by atoms with Crippen LogP contribution in [0.3, 0.4) is 0 Å². The molecule has 0 aromatic carbocycles. The molecule has 1 saturated carbocycles. The quantitative estimate of drug-likeness (QED) is 0.620. The molecule has 1 unspecified atom stereocenters. The third kappa shape index (κ3) is 5.27. The highest BCUT2D eigenvalue weighted by Crippen LogP contribution is 2.28. The molecule has 2 heteroatoms. The SMILES string of the molecule is CC(O)CNCCCC1CCCC1. The average Bonchev–Trinajstić information content (AvgIpc) is 2.55. The zero-order chi connectivity index (χ0) is 9.52. The van der Waals surface area contributed by atoms with Gasteiger partial charge in [0.05, 0.1) is 6.10 Å². The van der Waals surface area contributed by atoms with Crippen molar-refractivity contribution in [2.75, 3.05) is 13.1 Å². The molecule has 13 heavy (non-hydrogen) atoms. The van der Waals surface area contributed by atoms with E-state index in [-0.39, 0.29) is 6.10 Å². The van der Waals surface area contributed by atoms with Crippen molar-refractivity contribution in [1.82, 2.24) is 5.32 Å². The zero-order valence-electron chi connectivity index (χ0n) is 8.76. The van der Waals surface area contributed by atoms with E-state index in [9.17, 15) is 0 Å². The lowest BCUT2D eigenvalue weighted by Crippen LogP contribution is -2.25. The fourth-order valence-corrected chi connectivity index (χ4v) is 2.13. The van der Waals surface area contributed by atoms with E-state index >= 15 is 0 Å². The van der Waals surface area contributed by atoms with Crippen molar-refractivity contribution >= 4 is 0 Å². The lowest BCUT2D eigenvalue weighted by atomic mass is 10.0. The van der Waals surface area contributed by atoms with Gasteiger partial charge in [0.1, 0.15) is 0 Å². The van der Waals surface area contributed by atoms with Crippen LogP contribution in [0.15, 0.2) is 0 Å². The highest BCUT2D eigenvalue weighted by Gasteiger charge is 2.13. The number of nitrogens with one attached hydrogen (secondary N) is 1. The Bertz CT molecular complexity index is 119. The van der Waals surface area contributed by atoms with Crippen LogP contribution in [-0.4, -0.2) is 24.3 Å². The first-order valence-corrected chi connectivity index (χ1v) is 5.68. The summed E-state index contributed by atoms with van der Waals surface area (Å²) in [5.74, 6) is 1.01. The summed E-state index contributed by atoms with van der Waals surface area (Å²) >= 11 is 0. The summed E-state index contributed by atoms with van der Waals surface area (Å²) in [6, 6.07) is 0. The first-order valence-electron chi connectivity index (χ1n) is 5.68. The Morgan fingerprint density at radius 2 is 2.08 bits per heavy atom. The Morgan fingerprint density at radius 3 is 2.69 bits per heavy atom. The van der Waals surface area contributed by atoms with Crippen LogP contribution >= 0.6 is 0 Å². The normalized spacial score (nSPS) is 20.8. The van der Waals surface area contributed by atoms with E-state index in [0.717, 1.165) is 19.0 Å². The Labute approximate surface area is 81.7 Å². The molecular formula is C11H23NO. The van der Waals surface area contributed by atoms with Crippen molar-refractivity contribution in [3.63, 3.8) is 0 Å². The minimum absolute atomic E-state index is 0.202. The van der Waals surface area contributed by atoms with Crippen molar-refractivity contribution < 1.29 is 5.11 Å². The highest BCUT2D eigenvalue weighted by atomic mass is 16.3. The average molecular weight is 185 g/mol. The summed E-state index contributed by atoms with van der Waals surface area (Å²) in [5, 5.41) is 12.3. The lowest BCUT2D eigenvalue weighted by molar-refractivity contribution is 0.191. The topological polar surface area (TPSA) is 32.3 Å². The van der Waals surface area contributed by atoms with Crippen molar-refractivity contribution in [2.24, 2.45) is 5.92 Å². The monoisotopic (exact) mass is 185 g/mol. The molecule has 0 amide bonds. The van der Waals surface area contributed by atoms with E-state index < -0.39 is 0 Å². The third-order valence-corrected chi connectivity index (χ3v) is 2.88. The maximum absolute atomic E-state index is 9.00. The number of hydrogen-bond acceptors (Lipinski definition) is 2. The largest absolute Gasteiger partial charge is 0.392 e. The molecule has 1 atom stereocenters. The fraction of sp³-hybridized carbons (Fsp3) is 1.00. The maximum Gasteiger partial charge on any atom is 0.0636 e. The second kappa shape index (κ2) is 6.39. The minimum atomic E-state index is -0.202. The van der Waals surface area contributed by atoms with Gasteiger partial charge in [-0.25, -0.2) is 0 Å². The van der Waals surface area contributed by atoms with Gasteiger partial charge in [0, 0.05) is 6.54 Å². The van der Waals surface area contributed by atoms with E-state index in [1.807, 2.05) is 6.92 Å². The van der Waals surface area contributed by atoms with Gasteiger partial charge in [0.2, 0.25) is 0 Å². The summed E-state index contributed by atoms with van der Waals surface area (Å²) in [5.41, 5.74) is 0. The van der Waals surface area contributed by atoms with Gasteiger partial charge in [-0.15, -0.1) is 0 Å². The molecular weight excluding hydrogens is 162 g/mol. The Morgan fingerprint density at radius 1 is 1.38 bits per heavy atom. The van der Waals surface area contributed by atoms with E-state index in [2.05, 4.69) is 5.32 Å². The van der Waals surface area contributed by atoms with Crippen molar-refractivity contribution in [3.8, 4) is 0 Å². The molecule has 0 aliphatic heterocycles. The molecule has 78 valence electrons. The van der Waals surface area contributed by atoms with Crippen LogP contribution in [0.1, 0.15) is 45.4 Å². The smallest absolute Gasteiger partial charge is 0.0636 e. The summed E-state index contributed by atoms with van der Waals surface area (Å²) in [6.45, 7) is 3.63. The molecule has 0 radical (unpaired) electrons. The molecule has 1 rings (SSSR count). The summed E-state index contributed by atoms with van der Waals surface area (Å²) in [6.07, 6.45) is 8.26. The van der Waals surface area contributed by atoms with Gasteiger partial charge >= 0.3 is 0 Å². The lowest BCUT2D eigenvalue weighted by Gasteiger charge is -2.09. The summed E-state index contributed by atoms with van der Waals surface area (Å²) < 4.78 is 0. The van der Waals surface area contributed by atoms with Gasteiger partial charge < -0.3 is 10.4 Å². The Balaban J connectivity index is 1.83. The number of hydrogen-bond donors (Lipinski definition) is 2. The molecule has 0 heterocycles. The third-order valence-electron chi connectivity index (χ3n) is 2.88. The molecule has 0 spiro atoms. The van der Waals surface area contributed by atoms with Crippen molar-refractivity contribution in [1.29, 1.82) is 0 Å². The second-order valence-corrected chi connectivity index (χ2v) is 4.35. The first kappa shape index (κ1) is 11.0. The second-order valence-electron chi connectivity index (χ2n) is 4.35. The molecule has 0 aromatic heterocycles. The molecule has 1 aliphatic rings. The standard InChI is InChI=1S/C11H23NO/c1-10(13)9-12-8-4-7-11-5-2-3-6-11/h10-13H,2-9H2,1H3.